The zero-order chi connectivity index (χ0) is 8.27. The maximum Gasteiger partial charge on any atom is 0.0570 e. The lowest BCUT2D eigenvalue weighted by atomic mass is 9.89. The van der Waals surface area contributed by atoms with Crippen LogP contribution in [0.1, 0.15) is 26.7 Å². The molecule has 11 heavy (non-hydrogen) atoms. The van der Waals surface area contributed by atoms with Crippen molar-refractivity contribution in [2.75, 3.05) is 6.54 Å². The van der Waals surface area contributed by atoms with Gasteiger partial charge >= 0.3 is 0 Å². The fourth-order valence-corrected chi connectivity index (χ4v) is 1.18. The molecule has 0 unspecified atom stereocenters. The molecule has 1 aliphatic carbocycles. The molecule has 0 heterocycles. The molecule has 0 amide bonds. The van der Waals surface area contributed by atoms with Crippen molar-refractivity contribution < 1.29 is 5.11 Å². The molecule has 0 aromatic rings. The van der Waals surface area contributed by atoms with Gasteiger partial charge in [0.1, 0.15) is 0 Å². The summed E-state index contributed by atoms with van der Waals surface area (Å²) < 4.78 is 0. The van der Waals surface area contributed by atoms with Crippen LogP contribution in [0.4, 0.5) is 0 Å². The van der Waals surface area contributed by atoms with Crippen LogP contribution >= 0.6 is 0 Å². The van der Waals surface area contributed by atoms with E-state index in [9.17, 15) is 0 Å². The zero-order valence-electron chi connectivity index (χ0n) is 7.30. The van der Waals surface area contributed by atoms with E-state index in [-0.39, 0.29) is 6.10 Å². The van der Waals surface area contributed by atoms with E-state index in [0.717, 1.165) is 19.4 Å². The van der Waals surface area contributed by atoms with E-state index in [1.807, 2.05) is 0 Å². The van der Waals surface area contributed by atoms with E-state index < -0.39 is 0 Å². The molecule has 64 valence electrons. The molecule has 1 fully saturated rings. The van der Waals surface area contributed by atoms with Gasteiger partial charge in [0, 0.05) is 12.6 Å². The van der Waals surface area contributed by atoms with Gasteiger partial charge in [-0.25, -0.2) is 0 Å². The molecule has 0 spiro atoms. The molecule has 2 nitrogen and oxygen atoms in total. The second-order valence-electron chi connectivity index (χ2n) is 3.51. The van der Waals surface area contributed by atoms with E-state index in [1.54, 1.807) is 0 Å². The van der Waals surface area contributed by atoms with Crippen molar-refractivity contribution in [1.29, 1.82) is 0 Å². The molecule has 2 N–H and O–H groups in total. The summed E-state index contributed by atoms with van der Waals surface area (Å²) in [6.45, 7) is 5.13. The Morgan fingerprint density at radius 3 is 2.64 bits per heavy atom. The quantitative estimate of drug-likeness (QED) is 0.597. The lowest BCUT2D eigenvalue weighted by molar-refractivity contribution is 0.0641. The van der Waals surface area contributed by atoms with E-state index in [4.69, 9.17) is 5.11 Å². The molecular formula is C9H17NO. The van der Waals surface area contributed by atoms with Gasteiger partial charge in [-0.2, -0.15) is 0 Å². The van der Waals surface area contributed by atoms with Crippen LogP contribution in [0.2, 0.25) is 0 Å². The molecule has 0 radical (unpaired) electrons. The summed E-state index contributed by atoms with van der Waals surface area (Å²) in [7, 11) is 0. The minimum atomic E-state index is -0.0424. The van der Waals surface area contributed by atoms with E-state index in [0.29, 0.717) is 6.04 Å². The Bertz CT molecular complexity index is 144. The number of rotatable bonds is 3. The van der Waals surface area contributed by atoms with Gasteiger partial charge in [0.15, 0.2) is 0 Å². The number of nitrogens with one attached hydrogen (secondary N) is 1. The van der Waals surface area contributed by atoms with Gasteiger partial charge in [-0.1, -0.05) is 11.6 Å². The van der Waals surface area contributed by atoms with Crippen molar-refractivity contribution in [3.05, 3.63) is 11.6 Å². The Hall–Kier alpha value is -0.340. The molecule has 0 atom stereocenters. The zero-order valence-corrected chi connectivity index (χ0v) is 7.30. The average molecular weight is 155 g/mol. The smallest absolute Gasteiger partial charge is 0.0570 e. The predicted octanol–water partition coefficient (Wildman–Crippen LogP) is 1.07. The number of aliphatic hydroxyl groups is 1. The van der Waals surface area contributed by atoms with Gasteiger partial charge in [-0.3, -0.25) is 0 Å². The largest absolute Gasteiger partial charge is 0.393 e. The standard InChI is InChI=1S/C9H17NO/c1-7(2)3-4-10-8-5-9(11)6-8/h3,8-11H,4-6H2,1-2H3. The van der Waals surface area contributed by atoms with Crippen LogP contribution in [0.15, 0.2) is 11.6 Å². The summed E-state index contributed by atoms with van der Waals surface area (Å²) in [5.74, 6) is 0. The fourth-order valence-electron chi connectivity index (χ4n) is 1.18. The van der Waals surface area contributed by atoms with Gasteiger partial charge in [-0.15, -0.1) is 0 Å². The van der Waals surface area contributed by atoms with Crippen LogP contribution in [0.5, 0.6) is 0 Å². The maximum absolute atomic E-state index is 8.97. The summed E-state index contributed by atoms with van der Waals surface area (Å²) in [4.78, 5) is 0. The van der Waals surface area contributed by atoms with Crippen LogP contribution < -0.4 is 5.32 Å². The normalized spacial score (nSPS) is 29.4. The second kappa shape index (κ2) is 3.88. The number of aliphatic hydroxyl groups excluding tert-OH is 1. The average Bonchev–Trinajstić information content (AvgIpc) is 1.83. The summed E-state index contributed by atoms with van der Waals surface area (Å²) in [6.07, 6.45) is 3.98. The van der Waals surface area contributed by atoms with Gasteiger partial charge in [0.05, 0.1) is 6.10 Å². The van der Waals surface area contributed by atoms with Crippen molar-refractivity contribution in [2.45, 2.75) is 38.8 Å². The topological polar surface area (TPSA) is 32.3 Å². The minimum absolute atomic E-state index is 0.0424. The van der Waals surface area contributed by atoms with E-state index in [2.05, 4.69) is 25.2 Å². The third-order valence-electron chi connectivity index (χ3n) is 2.03. The van der Waals surface area contributed by atoms with Gasteiger partial charge in [0.2, 0.25) is 0 Å². The van der Waals surface area contributed by atoms with Crippen LogP contribution in [0, 0.1) is 0 Å². The van der Waals surface area contributed by atoms with Gasteiger partial charge < -0.3 is 10.4 Å². The monoisotopic (exact) mass is 155 g/mol. The van der Waals surface area contributed by atoms with Gasteiger partial charge in [0.25, 0.3) is 0 Å². The number of hydrogen-bond donors (Lipinski definition) is 2. The summed E-state index contributed by atoms with van der Waals surface area (Å²) in [5.41, 5.74) is 1.34. The van der Waals surface area contributed by atoms with E-state index >= 15 is 0 Å². The van der Waals surface area contributed by atoms with Crippen molar-refractivity contribution in [1.82, 2.24) is 5.32 Å². The Morgan fingerprint density at radius 2 is 2.18 bits per heavy atom. The highest BCUT2D eigenvalue weighted by Crippen LogP contribution is 2.18. The van der Waals surface area contributed by atoms with Crippen LogP contribution in [0.25, 0.3) is 0 Å². The molecule has 0 saturated heterocycles. The minimum Gasteiger partial charge on any atom is -0.393 e. The predicted molar refractivity (Wildman–Crippen MR) is 46.5 cm³/mol. The Balaban J connectivity index is 2.01. The first-order valence-corrected chi connectivity index (χ1v) is 4.23. The molecule has 0 aromatic heterocycles. The maximum atomic E-state index is 8.97. The third kappa shape index (κ3) is 3.04. The van der Waals surface area contributed by atoms with E-state index in [1.165, 1.54) is 5.57 Å². The SMILES string of the molecule is CC(C)=CCNC1CC(O)C1. The first-order valence-electron chi connectivity index (χ1n) is 4.23. The molecule has 0 bridgehead atoms. The first-order chi connectivity index (χ1) is 5.18. The first kappa shape index (κ1) is 8.75. The highest BCUT2D eigenvalue weighted by Gasteiger charge is 2.25. The highest BCUT2D eigenvalue weighted by atomic mass is 16.3. The summed E-state index contributed by atoms with van der Waals surface area (Å²) >= 11 is 0. The third-order valence-corrected chi connectivity index (χ3v) is 2.03. The van der Waals surface area contributed by atoms with Gasteiger partial charge in [-0.05, 0) is 26.7 Å². The van der Waals surface area contributed by atoms with Crippen LogP contribution in [-0.2, 0) is 0 Å². The molecule has 0 aromatic carbocycles. The van der Waals surface area contributed by atoms with Crippen LogP contribution in [-0.4, -0.2) is 23.8 Å². The number of allylic oxidation sites excluding steroid dienone is 1. The second-order valence-corrected chi connectivity index (χ2v) is 3.51. The Labute approximate surface area is 68.3 Å². The molecule has 1 saturated carbocycles. The summed E-state index contributed by atoms with van der Waals surface area (Å²) in [5, 5.41) is 12.3. The van der Waals surface area contributed by atoms with Crippen molar-refractivity contribution in [3.8, 4) is 0 Å². The molecule has 2 heteroatoms. The van der Waals surface area contributed by atoms with Crippen molar-refractivity contribution >= 4 is 0 Å². The number of hydrogen-bond acceptors (Lipinski definition) is 2. The molecule has 0 aliphatic heterocycles. The summed E-state index contributed by atoms with van der Waals surface area (Å²) in [6, 6.07) is 0.556. The molecule has 1 rings (SSSR count). The van der Waals surface area contributed by atoms with Crippen LogP contribution in [0.3, 0.4) is 0 Å². The van der Waals surface area contributed by atoms with Crippen molar-refractivity contribution in [3.63, 3.8) is 0 Å². The lowest BCUT2D eigenvalue weighted by Gasteiger charge is -2.31. The Kier molecular flexibility index (Phi) is 3.09. The van der Waals surface area contributed by atoms with Crippen molar-refractivity contribution in [2.24, 2.45) is 0 Å². The molecular weight excluding hydrogens is 138 g/mol. The fraction of sp³-hybridized carbons (Fsp3) is 0.778. The Morgan fingerprint density at radius 1 is 1.55 bits per heavy atom. The lowest BCUT2D eigenvalue weighted by Crippen LogP contribution is -2.44. The molecule has 1 aliphatic rings. The highest BCUT2D eigenvalue weighted by molar-refractivity contribution is 4.96.